The Labute approximate surface area is 125 Å². The third-order valence-corrected chi connectivity index (χ3v) is 5.13. The Morgan fingerprint density at radius 2 is 2.15 bits per heavy atom. The molecule has 3 aliphatic rings. The van der Waals surface area contributed by atoms with Crippen LogP contribution in [0.3, 0.4) is 0 Å². The standard InChI is InChI=1S/C16H20N2O.ClH/c19-16(18-15-8-10-1-2-11(15)7-10)13-3-4-14-12(9-13)5-6-17-14;/h3-4,9-11,15,17H,1-2,5-8H2,(H,18,19);1H. The van der Waals surface area contributed by atoms with Gasteiger partial charge in [0.25, 0.3) is 5.91 Å². The summed E-state index contributed by atoms with van der Waals surface area (Å²) >= 11 is 0. The van der Waals surface area contributed by atoms with E-state index in [4.69, 9.17) is 0 Å². The number of fused-ring (bicyclic) bond motifs is 3. The summed E-state index contributed by atoms with van der Waals surface area (Å²) in [6, 6.07) is 6.47. The zero-order valence-corrected chi connectivity index (χ0v) is 12.3. The number of amides is 1. The fourth-order valence-electron chi connectivity index (χ4n) is 4.12. The summed E-state index contributed by atoms with van der Waals surface area (Å²) in [5.74, 6) is 1.73. The first-order valence-electron chi connectivity index (χ1n) is 7.47. The third kappa shape index (κ3) is 2.28. The van der Waals surface area contributed by atoms with Crippen molar-refractivity contribution >= 4 is 24.0 Å². The van der Waals surface area contributed by atoms with Gasteiger partial charge in [-0.2, -0.15) is 0 Å². The van der Waals surface area contributed by atoms with Crippen LogP contribution < -0.4 is 10.6 Å². The normalized spacial score (nSPS) is 29.5. The highest BCUT2D eigenvalue weighted by molar-refractivity contribution is 5.95. The molecule has 1 aromatic carbocycles. The first-order chi connectivity index (χ1) is 9.29. The maximum Gasteiger partial charge on any atom is 0.251 e. The summed E-state index contributed by atoms with van der Waals surface area (Å²) in [4.78, 5) is 12.3. The lowest BCUT2D eigenvalue weighted by atomic mass is 9.95. The second-order valence-electron chi connectivity index (χ2n) is 6.30. The van der Waals surface area contributed by atoms with E-state index in [1.165, 1.54) is 36.9 Å². The fourth-order valence-corrected chi connectivity index (χ4v) is 4.12. The minimum absolute atomic E-state index is 0. The summed E-state index contributed by atoms with van der Waals surface area (Å²) in [7, 11) is 0. The van der Waals surface area contributed by atoms with Gasteiger partial charge in [0.2, 0.25) is 0 Å². The molecule has 0 aromatic heterocycles. The lowest BCUT2D eigenvalue weighted by molar-refractivity contribution is 0.0923. The topological polar surface area (TPSA) is 41.1 Å². The minimum Gasteiger partial charge on any atom is -0.384 e. The number of benzene rings is 1. The van der Waals surface area contributed by atoms with E-state index in [1.807, 2.05) is 12.1 Å². The van der Waals surface area contributed by atoms with E-state index in [1.54, 1.807) is 0 Å². The first-order valence-corrected chi connectivity index (χ1v) is 7.47. The quantitative estimate of drug-likeness (QED) is 0.880. The van der Waals surface area contributed by atoms with E-state index < -0.39 is 0 Å². The Bertz CT molecular complexity index is 531. The molecule has 3 nitrogen and oxygen atoms in total. The molecule has 108 valence electrons. The highest BCUT2D eigenvalue weighted by atomic mass is 35.5. The zero-order chi connectivity index (χ0) is 12.8. The van der Waals surface area contributed by atoms with Crippen molar-refractivity contribution in [3.05, 3.63) is 29.3 Å². The van der Waals surface area contributed by atoms with E-state index in [0.717, 1.165) is 30.4 Å². The number of carbonyl (C=O) groups excluding carboxylic acids is 1. The predicted octanol–water partition coefficient (Wildman–Crippen LogP) is 2.99. The van der Waals surface area contributed by atoms with Crippen LogP contribution in [0, 0.1) is 11.8 Å². The van der Waals surface area contributed by atoms with Crippen LogP contribution >= 0.6 is 12.4 Å². The average molecular weight is 293 g/mol. The molecule has 0 radical (unpaired) electrons. The summed E-state index contributed by atoms with van der Waals surface area (Å²) in [6.45, 7) is 0.993. The van der Waals surface area contributed by atoms with Crippen LogP contribution in [0.25, 0.3) is 0 Å². The van der Waals surface area contributed by atoms with Gasteiger partial charge in [-0.15, -0.1) is 12.4 Å². The molecule has 0 spiro atoms. The fraction of sp³-hybridized carbons (Fsp3) is 0.562. The van der Waals surface area contributed by atoms with E-state index in [0.29, 0.717) is 6.04 Å². The Balaban J connectivity index is 0.00000121. The van der Waals surface area contributed by atoms with Crippen LogP contribution in [0.1, 0.15) is 41.6 Å². The number of hydrogen-bond acceptors (Lipinski definition) is 2. The number of nitrogens with one attached hydrogen (secondary N) is 2. The third-order valence-electron chi connectivity index (χ3n) is 5.13. The van der Waals surface area contributed by atoms with Crippen molar-refractivity contribution in [2.24, 2.45) is 11.8 Å². The van der Waals surface area contributed by atoms with Gasteiger partial charge in [-0.1, -0.05) is 6.42 Å². The summed E-state index contributed by atoms with van der Waals surface area (Å²) in [5.41, 5.74) is 3.29. The van der Waals surface area contributed by atoms with E-state index >= 15 is 0 Å². The number of carbonyl (C=O) groups is 1. The molecule has 1 aromatic rings. The van der Waals surface area contributed by atoms with Crippen molar-refractivity contribution in [3.63, 3.8) is 0 Å². The van der Waals surface area contributed by atoms with Gasteiger partial charge in [0.05, 0.1) is 0 Å². The minimum atomic E-state index is 0. The molecule has 1 heterocycles. The highest BCUT2D eigenvalue weighted by Crippen LogP contribution is 2.44. The number of anilines is 1. The van der Waals surface area contributed by atoms with Crippen LogP contribution in [-0.2, 0) is 6.42 Å². The molecule has 3 atom stereocenters. The van der Waals surface area contributed by atoms with Crippen molar-refractivity contribution in [1.82, 2.24) is 5.32 Å². The van der Waals surface area contributed by atoms with Crippen molar-refractivity contribution < 1.29 is 4.79 Å². The second kappa shape index (κ2) is 5.28. The van der Waals surface area contributed by atoms with Gasteiger partial charge in [-0.25, -0.2) is 0 Å². The van der Waals surface area contributed by atoms with Crippen molar-refractivity contribution in [1.29, 1.82) is 0 Å². The molecule has 20 heavy (non-hydrogen) atoms. The van der Waals surface area contributed by atoms with E-state index in [2.05, 4.69) is 16.7 Å². The maximum absolute atomic E-state index is 12.3. The lowest BCUT2D eigenvalue weighted by Crippen LogP contribution is -2.38. The molecule has 1 aliphatic heterocycles. The molecule has 2 N–H and O–H groups in total. The smallest absolute Gasteiger partial charge is 0.251 e. The second-order valence-corrected chi connectivity index (χ2v) is 6.30. The zero-order valence-electron chi connectivity index (χ0n) is 11.5. The predicted molar refractivity (Wildman–Crippen MR) is 82.6 cm³/mol. The van der Waals surface area contributed by atoms with E-state index in [9.17, 15) is 4.79 Å². The summed E-state index contributed by atoms with van der Waals surface area (Å²) in [6.07, 6.45) is 6.25. The molecule has 2 fully saturated rings. The Morgan fingerprint density at radius 3 is 2.90 bits per heavy atom. The molecule has 2 bridgehead atoms. The molecule has 2 aliphatic carbocycles. The van der Waals surface area contributed by atoms with Gasteiger partial charge in [0, 0.05) is 23.8 Å². The largest absolute Gasteiger partial charge is 0.384 e. The van der Waals surface area contributed by atoms with Crippen LogP contribution in [0.2, 0.25) is 0 Å². The van der Waals surface area contributed by atoms with Gasteiger partial charge in [-0.3, -0.25) is 4.79 Å². The maximum atomic E-state index is 12.3. The lowest BCUT2D eigenvalue weighted by Gasteiger charge is -2.23. The molecular formula is C16H21ClN2O. The van der Waals surface area contributed by atoms with E-state index in [-0.39, 0.29) is 18.3 Å². The average Bonchev–Trinajstić information content (AvgIpc) is 3.13. The Hall–Kier alpha value is -1.22. The van der Waals surface area contributed by atoms with Crippen molar-refractivity contribution in [2.75, 3.05) is 11.9 Å². The monoisotopic (exact) mass is 292 g/mol. The number of halogens is 1. The van der Waals surface area contributed by atoms with Crippen LogP contribution in [-0.4, -0.2) is 18.5 Å². The molecule has 0 saturated heterocycles. The summed E-state index contributed by atoms with van der Waals surface area (Å²) < 4.78 is 0. The molecule has 3 unspecified atom stereocenters. The Kier molecular flexibility index (Phi) is 3.63. The SMILES string of the molecule is Cl.O=C(NC1CC2CCC1C2)c1ccc2c(c1)CCN2. The molecule has 2 saturated carbocycles. The molecule has 1 amide bonds. The Morgan fingerprint density at radius 1 is 1.25 bits per heavy atom. The number of hydrogen-bond donors (Lipinski definition) is 2. The van der Waals surface area contributed by atoms with Gasteiger partial charge in [0.1, 0.15) is 0 Å². The van der Waals surface area contributed by atoms with Gasteiger partial charge in [0.15, 0.2) is 0 Å². The van der Waals surface area contributed by atoms with Gasteiger partial charge >= 0.3 is 0 Å². The van der Waals surface area contributed by atoms with Crippen molar-refractivity contribution in [3.8, 4) is 0 Å². The van der Waals surface area contributed by atoms with Crippen LogP contribution in [0.15, 0.2) is 18.2 Å². The van der Waals surface area contributed by atoms with Crippen LogP contribution in [0.4, 0.5) is 5.69 Å². The van der Waals surface area contributed by atoms with Gasteiger partial charge < -0.3 is 10.6 Å². The van der Waals surface area contributed by atoms with Gasteiger partial charge in [-0.05, 0) is 61.3 Å². The van der Waals surface area contributed by atoms with Crippen molar-refractivity contribution in [2.45, 2.75) is 38.1 Å². The first kappa shape index (κ1) is 13.7. The molecule has 4 heteroatoms. The molecule has 4 rings (SSSR count). The highest BCUT2D eigenvalue weighted by Gasteiger charge is 2.40. The summed E-state index contributed by atoms with van der Waals surface area (Å²) in [5, 5.41) is 6.59. The number of rotatable bonds is 2. The molecular weight excluding hydrogens is 272 g/mol. The van der Waals surface area contributed by atoms with Crippen LogP contribution in [0.5, 0.6) is 0 Å².